The molecule has 0 radical (unpaired) electrons. The van der Waals surface area contributed by atoms with Crippen LogP contribution >= 0.6 is 15.9 Å². The molecule has 1 heterocycles. The number of fused-ring (bicyclic) bond motifs is 1. The van der Waals surface area contributed by atoms with E-state index in [1.807, 2.05) is 0 Å². The van der Waals surface area contributed by atoms with Crippen LogP contribution in [-0.4, -0.2) is 26.1 Å². The summed E-state index contributed by atoms with van der Waals surface area (Å²) in [6, 6.07) is 2.52. The molecule has 1 aromatic heterocycles. The zero-order chi connectivity index (χ0) is 17.6. The number of ketones is 1. The minimum absolute atomic E-state index is 0.169. The molecule has 0 spiro atoms. The number of carbonyl (C=O) groups is 1. The lowest BCUT2D eigenvalue weighted by atomic mass is 10.0. The monoisotopic (exact) mass is 404 g/mol. The van der Waals surface area contributed by atoms with Crippen molar-refractivity contribution < 1.29 is 31.9 Å². The highest BCUT2D eigenvalue weighted by atomic mass is 79.9. The summed E-state index contributed by atoms with van der Waals surface area (Å²) in [6.07, 6.45) is -3.82. The van der Waals surface area contributed by atoms with Crippen molar-refractivity contribution in [3.63, 3.8) is 0 Å². The fourth-order valence-electron chi connectivity index (χ4n) is 2.79. The van der Waals surface area contributed by atoms with Crippen LogP contribution in [0.1, 0.15) is 21.7 Å². The summed E-state index contributed by atoms with van der Waals surface area (Å²) < 4.78 is 53.8. The van der Waals surface area contributed by atoms with Gasteiger partial charge in [0.25, 0.3) is 0 Å². The normalized spacial score (nSPS) is 17.2. The molecule has 1 aliphatic rings. The van der Waals surface area contributed by atoms with Gasteiger partial charge in [-0.2, -0.15) is 13.2 Å². The third-order valence-corrected chi connectivity index (χ3v) is 4.72. The van der Waals surface area contributed by atoms with Crippen molar-refractivity contribution in [3.8, 4) is 16.9 Å². The minimum Gasteiger partial charge on any atom is -0.496 e. The summed E-state index contributed by atoms with van der Waals surface area (Å²) in [5.41, 5.74) is 1.62. The van der Waals surface area contributed by atoms with E-state index in [4.69, 9.17) is 9.47 Å². The molecule has 0 amide bonds. The van der Waals surface area contributed by atoms with Gasteiger partial charge in [-0.05, 0) is 33.6 Å². The lowest BCUT2D eigenvalue weighted by Gasteiger charge is -2.13. The quantitative estimate of drug-likeness (QED) is 0.755. The molecule has 0 bridgehead atoms. The van der Waals surface area contributed by atoms with Crippen LogP contribution in [0.2, 0.25) is 0 Å². The molecule has 1 aromatic carbocycles. The Balaban J connectivity index is 2.18. The van der Waals surface area contributed by atoms with Crippen molar-refractivity contribution in [3.05, 3.63) is 39.8 Å². The predicted octanol–water partition coefficient (Wildman–Crippen LogP) is 4.49. The summed E-state index contributed by atoms with van der Waals surface area (Å²) in [7, 11) is 2.85. The summed E-state index contributed by atoms with van der Waals surface area (Å²) >= 11 is 3.34. The highest BCUT2D eigenvalue weighted by Crippen LogP contribution is 2.45. The number of Topliss-reactive ketones (excluding diaryl/α,β-unsaturated/α-hetero) is 1. The van der Waals surface area contributed by atoms with E-state index in [1.165, 1.54) is 14.2 Å². The first-order valence-corrected chi connectivity index (χ1v) is 7.69. The van der Waals surface area contributed by atoms with Gasteiger partial charge in [0.05, 0.1) is 13.4 Å². The summed E-state index contributed by atoms with van der Waals surface area (Å²) in [5.74, 6) is -0.990. The Morgan fingerprint density at radius 3 is 2.50 bits per heavy atom. The molecule has 0 saturated heterocycles. The first-order valence-electron chi connectivity index (χ1n) is 6.90. The lowest BCUT2D eigenvalue weighted by Crippen LogP contribution is -2.17. The van der Waals surface area contributed by atoms with E-state index in [0.717, 1.165) is 17.9 Å². The molecule has 1 aliphatic carbocycles. The zero-order valence-electron chi connectivity index (χ0n) is 12.7. The Bertz CT molecular complexity index is 810. The number of furan rings is 1. The van der Waals surface area contributed by atoms with Gasteiger partial charge < -0.3 is 13.9 Å². The molecular formula is C16H12BrF3O4. The topological polar surface area (TPSA) is 48.7 Å². The Morgan fingerprint density at radius 2 is 1.96 bits per heavy atom. The van der Waals surface area contributed by atoms with Gasteiger partial charge in [0, 0.05) is 34.7 Å². The number of hydrogen-bond donors (Lipinski definition) is 0. The van der Waals surface area contributed by atoms with Crippen molar-refractivity contribution in [2.75, 3.05) is 14.2 Å². The highest BCUT2D eigenvalue weighted by molar-refractivity contribution is 9.10. The van der Waals surface area contributed by atoms with Crippen LogP contribution in [0, 0.1) is 0 Å². The maximum atomic E-state index is 12.8. The molecule has 1 unspecified atom stereocenters. The third-order valence-electron chi connectivity index (χ3n) is 3.93. The van der Waals surface area contributed by atoms with Gasteiger partial charge in [-0.25, -0.2) is 0 Å². The largest absolute Gasteiger partial charge is 0.496 e. The van der Waals surface area contributed by atoms with Gasteiger partial charge in [-0.15, -0.1) is 0 Å². The number of ether oxygens (including phenoxy) is 2. The Morgan fingerprint density at radius 1 is 1.25 bits per heavy atom. The van der Waals surface area contributed by atoms with Crippen LogP contribution in [0.25, 0.3) is 11.1 Å². The molecule has 4 nitrogen and oxygen atoms in total. The van der Waals surface area contributed by atoms with Crippen LogP contribution in [-0.2, 0) is 17.3 Å². The van der Waals surface area contributed by atoms with Crippen molar-refractivity contribution >= 4 is 21.7 Å². The van der Waals surface area contributed by atoms with Crippen LogP contribution in [0.15, 0.2) is 27.3 Å². The summed E-state index contributed by atoms with van der Waals surface area (Å²) in [6.45, 7) is 0. The number of benzene rings is 1. The Kier molecular flexibility index (Phi) is 4.21. The van der Waals surface area contributed by atoms with E-state index >= 15 is 0 Å². The van der Waals surface area contributed by atoms with Crippen molar-refractivity contribution in [1.82, 2.24) is 0 Å². The van der Waals surface area contributed by atoms with Crippen LogP contribution in [0.5, 0.6) is 5.75 Å². The summed E-state index contributed by atoms with van der Waals surface area (Å²) in [5, 5.41) is 0. The van der Waals surface area contributed by atoms with E-state index in [1.54, 1.807) is 6.07 Å². The van der Waals surface area contributed by atoms with E-state index in [0.29, 0.717) is 27.8 Å². The fourth-order valence-corrected chi connectivity index (χ4v) is 3.67. The molecule has 2 aromatic rings. The van der Waals surface area contributed by atoms with Crippen molar-refractivity contribution in [2.45, 2.75) is 18.7 Å². The second kappa shape index (κ2) is 5.93. The fraction of sp³-hybridized carbons (Fsp3) is 0.312. The van der Waals surface area contributed by atoms with Gasteiger partial charge in [-0.3, -0.25) is 4.79 Å². The first kappa shape index (κ1) is 17.0. The third kappa shape index (κ3) is 2.63. The van der Waals surface area contributed by atoms with Crippen LogP contribution in [0.3, 0.4) is 0 Å². The van der Waals surface area contributed by atoms with E-state index in [9.17, 15) is 18.0 Å². The number of halogens is 4. The van der Waals surface area contributed by atoms with Crippen LogP contribution < -0.4 is 4.74 Å². The van der Waals surface area contributed by atoms with E-state index in [-0.39, 0.29) is 11.3 Å². The highest BCUT2D eigenvalue weighted by Gasteiger charge is 2.37. The average Bonchev–Trinajstić information content (AvgIpc) is 3.11. The number of carbonyl (C=O) groups excluding carboxylic acids is 1. The smallest absolute Gasteiger partial charge is 0.449 e. The maximum Gasteiger partial charge on any atom is 0.449 e. The molecule has 8 heteroatoms. The lowest BCUT2D eigenvalue weighted by molar-refractivity contribution is -0.153. The minimum atomic E-state index is -4.59. The Hall–Kier alpha value is -1.80. The number of hydrogen-bond acceptors (Lipinski definition) is 4. The first-order chi connectivity index (χ1) is 11.3. The zero-order valence-corrected chi connectivity index (χ0v) is 14.2. The number of rotatable bonds is 3. The Labute approximate surface area is 143 Å². The molecular weight excluding hydrogens is 393 g/mol. The standard InChI is InChI=1S/C16H12BrF3O4/c1-22-9-3-7-4-10(23-2)15(21)13(7)14(17)12(9)8-5-11(24-6-8)16(18,19)20/h3,5-6,10H,4H2,1-2H3. The molecule has 0 saturated carbocycles. The molecule has 128 valence electrons. The predicted molar refractivity (Wildman–Crippen MR) is 82.2 cm³/mol. The summed E-state index contributed by atoms with van der Waals surface area (Å²) in [4.78, 5) is 12.4. The average molecular weight is 405 g/mol. The molecule has 1 atom stereocenters. The molecule has 0 aliphatic heterocycles. The van der Waals surface area contributed by atoms with Crippen molar-refractivity contribution in [1.29, 1.82) is 0 Å². The van der Waals surface area contributed by atoms with Crippen molar-refractivity contribution in [2.24, 2.45) is 0 Å². The second-order valence-corrected chi connectivity index (χ2v) is 6.09. The molecule has 0 N–H and O–H groups in total. The van der Waals surface area contributed by atoms with E-state index < -0.39 is 18.0 Å². The number of alkyl halides is 3. The van der Waals surface area contributed by atoms with Gasteiger partial charge in [-0.1, -0.05) is 0 Å². The molecule has 24 heavy (non-hydrogen) atoms. The maximum absolute atomic E-state index is 12.8. The SMILES string of the molecule is COc1cc2c(c(Br)c1-c1coc(C(F)(F)F)c1)C(=O)C(OC)C2. The van der Waals surface area contributed by atoms with Gasteiger partial charge in [0.1, 0.15) is 11.9 Å². The van der Waals surface area contributed by atoms with Gasteiger partial charge in [0.15, 0.2) is 5.78 Å². The van der Waals surface area contributed by atoms with Crippen LogP contribution in [0.4, 0.5) is 13.2 Å². The van der Waals surface area contributed by atoms with Gasteiger partial charge in [0.2, 0.25) is 5.76 Å². The second-order valence-electron chi connectivity index (χ2n) is 5.29. The van der Waals surface area contributed by atoms with E-state index in [2.05, 4.69) is 20.3 Å². The molecule has 3 rings (SSSR count). The molecule has 0 fully saturated rings. The number of methoxy groups -OCH3 is 2. The van der Waals surface area contributed by atoms with Gasteiger partial charge >= 0.3 is 6.18 Å².